The molecule has 0 atom stereocenters. The summed E-state index contributed by atoms with van der Waals surface area (Å²) in [4.78, 5) is 24.1. The lowest BCUT2D eigenvalue weighted by molar-refractivity contribution is 0.0734. The van der Waals surface area contributed by atoms with Crippen LogP contribution in [0.15, 0.2) is 47.0 Å². The van der Waals surface area contributed by atoms with Crippen molar-refractivity contribution in [2.24, 2.45) is 0 Å². The minimum atomic E-state index is -0.311. The molecule has 2 aromatic carbocycles. The van der Waals surface area contributed by atoms with Gasteiger partial charge < -0.3 is 9.42 Å². The summed E-state index contributed by atoms with van der Waals surface area (Å²) in [6.07, 6.45) is 0.609. The van der Waals surface area contributed by atoms with Gasteiger partial charge in [-0.3, -0.25) is 4.79 Å². The number of hydrogen-bond acceptors (Lipinski definition) is 5. The standard InChI is InChI=1S/C23H19FN4O2/c1-13-14(2)26-21-11-16(5-8-20(21)25-13)23(29)28-10-9-19-18(12-28)22(30-27-19)15-3-6-17(24)7-4-15/h3-8,11H,9-10,12H2,1-2H3. The Morgan fingerprint density at radius 3 is 2.53 bits per heavy atom. The third-order valence-electron chi connectivity index (χ3n) is 5.55. The van der Waals surface area contributed by atoms with Crippen molar-refractivity contribution in [3.63, 3.8) is 0 Å². The molecule has 1 amide bonds. The van der Waals surface area contributed by atoms with Gasteiger partial charge in [-0.1, -0.05) is 5.16 Å². The number of aryl methyl sites for hydroxylation is 2. The van der Waals surface area contributed by atoms with Gasteiger partial charge in [0, 0.05) is 29.7 Å². The number of benzene rings is 2. The fraction of sp³-hybridized carbons (Fsp3) is 0.217. The fourth-order valence-corrected chi connectivity index (χ4v) is 3.76. The van der Waals surface area contributed by atoms with Crippen molar-refractivity contribution < 1.29 is 13.7 Å². The Labute approximate surface area is 172 Å². The van der Waals surface area contributed by atoms with Crippen LogP contribution in [0.25, 0.3) is 22.4 Å². The molecule has 0 saturated carbocycles. The predicted octanol–water partition coefficient (Wildman–Crippen LogP) is 4.24. The summed E-state index contributed by atoms with van der Waals surface area (Å²) in [5.41, 5.74) is 6.23. The minimum Gasteiger partial charge on any atom is -0.356 e. The molecule has 0 spiro atoms. The monoisotopic (exact) mass is 402 g/mol. The lowest BCUT2D eigenvalue weighted by Crippen LogP contribution is -2.35. The Hall–Kier alpha value is -3.61. The van der Waals surface area contributed by atoms with Crippen molar-refractivity contribution in [3.8, 4) is 11.3 Å². The van der Waals surface area contributed by atoms with Crippen molar-refractivity contribution in [3.05, 3.63) is 76.5 Å². The van der Waals surface area contributed by atoms with Gasteiger partial charge in [0.25, 0.3) is 5.91 Å². The molecular weight excluding hydrogens is 383 g/mol. The Balaban J connectivity index is 1.45. The smallest absolute Gasteiger partial charge is 0.254 e. The van der Waals surface area contributed by atoms with E-state index >= 15 is 0 Å². The first-order valence-electron chi connectivity index (χ1n) is 9.77. The van der Waals surface area contributed by atoms with E-state index in [0.717, 1.165) is 33.7 Å². The van der Waals surface area contributed by atoms with Crippen LogP contribution in [0.3, 0.4) is 0 Å². The van der Waals surface area contributed by atoms with Gasteiger partial charge in [0.1, 0.15) is 5.82 Å². The first-order chi connectivity index (χ1) is 14.5. The molecule has 0 fully saturated rings. The number of rotatable bonds is 2. The number of amides is 1. The third kappa shape index (κ3) is 3.12. The van der Waals surface area contributed by atoms with Crippen molar-refractivity contribution in [2.75, 3.05) is 6.54 Å². The molecule has 0 bridgehead atoms. The Bertz CT molecular complexity index is 1280. The molecule has 2 aromatic heterocycles. The molecule has 1 aliphatic heterocycles. The van der Waals surface area contributed by atoms with Crippen LogP contribution in [0.2, 0.25) is 0 Å². The van der Waals surface area contributed by atoms with Gasteiger partial charge in [0.2, 0.25) is 0 Å². The van der Waals surface area contributed by atoms with Crippen LogP contribution in [0, 0.1) is 19.7 Å². The molecule has 6 nitrogen and oxygen atoms in total. The molecular formula is C23H19FN4O2. The largest absolute Gasteiger partial charge is 0.356 e. The summed E-state index contributed by atoms with van der Waals surface area (Å²) < 4.78 is 18.8. The normalized spacial score (nSPS) is 13.5. The van der Waals surface area contributed by atoms with E-state index in [1.807, 2.05) is 19.9 Å². The molecule has 0 unspecified atom stereocenters. The molecule has 0 aliphatic carbocycles. The van der Waals surface area contributed by atoms with Gasteiger partial charge in [-0.2, -0.15) is 0 Å². The van der Waals surface area contributed by atoms with Crippen molar-refractivity contribution in [1.82, 2.24) is 20.0 Å². The fourth-order valence-electron chi connectivity index (χ4n) is 3.76. The number of carbonyl (C=O) groups excluding carboxylic acids is 1. The third-order valence-corrected chi connectivity index (χ3v) is 5.55. The molecule has 4 aromatic rings. The Kier molecular flexibility index (Phi) is 4.31. The molecule has 150 valence electrons. The summed E-state index contributed by atoms with van der Waals surface area (Å²) in [6.45, 7) is 4.77. The molecule has 0 saturated heterocycles. The van der Waals surface area contributed by atoms with E-state index in [1.165, 1.54) is 12.1 Å². The van der Waals surface area contributed by atoms with Crippen LogP contribution in [0.5, 0.6) is 0 Å². The zero-order valence-electron chi connectivity index (χ0n) is 16.6. The summed E-state index contributed by atoms with van der Waals surface area (Å²) in [5, 5.41) is 4.16. The second-order valence-corrected chi connectivity index (χ2v) is 7.52. The number of nitrogens with zero attached hydrogens (tertiary/aromatic N) is 4. The highest BCUT2D eigenvalue weighted by Crippen LogP contribution is 2.31. The molecule has 0 N–H and O–H groups in total. The lowest BCUT2D eigenvalue weighted by atomic mass is 10.0. The number of fused-ring (bicyclic) bond motifs is 2. The van der Waals surface area contributed by atoms with E-state index in [4.69, 9.17) is 4.52 Å². The highest BCUT2D eigenvalue weighted by molar-refractivity contribution is 5.97. The first-order valence-corrected chi connectivity index (χ1v) is 9.77. The zero-order valence-corrected chi connectivity index (χ0v) is 16.6. The van der Waals surface area contributed by atoms with E-state index < -0.39 is 0 Å². The van der Waals surface area contributed by atoms with Crippen molar-refractivity contribution in [1.29, 1.82) is 0 Å². The van der Waals surface area contributed by atoms with Gasteiger partial charge in [-0.05, 0) is 56.3 Å². The topological polar surface area (TPSA) is 72.1 Å². The second-order valence-electron chi connectivity index (χ2n) is 7.52. The molecule has 30 heavy (non-hydrogen) atoms. The number of hydrogen-bond donors (Lipinski definition) is 0. The zero-order chi connectivity index (χ0) is 20.8. The summed E-state index contributed by atoms with van der Waals surface area (Å²) in [7, 11) is 0. The number of aromatic nitrogens is 3. The highest BCUT2D eigenvalue weighted by atomic mass is 19.1. The van der Waals surface area contributed by atoms with Crippen LogP contribution < -0.4 is 0 Å². The van der Waals surface area contributed by atoms with Gasteiger partial charge in [-0.25, -0.2) is 14.4 Å². The van der Waals surface area contributed by atoms with Crippen LogP contribution >= 0.6 is 0 Å². The maximum atomic E-state index is 13.3. The minimum absolute atomic E-state index is 0.0752. The summed E-state index contributed by atoms with van der Waals surface area (Å²) in [5.74, 6) is 0.195. The Morgan fingerprint density at radius 1 is 1.03 bits per heavy atom. The Morgan fingerprint density at radius 2 is 1.77 bits per heavy atom. The average molecular weight is 402 g/mol. The van der Waals surface area contributed by atoms with E-state index in [0.29, 0.717) is 36.4 Å². The van der Waals surface area contributed by atoms with E-state index in [2.05, 4.69) is 15.1 Å². The summed E-state index contributed by atoms with van der Waals surface area (Å²) in [6, 6.07) is 11.5. The SMILES string of the molecule is Cc1nc2ccc(C(=O)N3CCc4noc(-c5ccc(F)cc5)c4C3)cc2nc1C. The first kappa shape index (κ1) is 18.4. The van der Waals surface area contributed by atoms with Crippen LogP contribution in [-0.4, -0.2) is 32.5 Å². The summed E-state index contributed by atoms with van der Waals surface area (Å²) >= 11 is 0. The lowest BCUT2D eigenvalue weighted by Gasteiger charge is -2.26. The molecule has 3 heterocycles. The quantitative estimate of drug-likeness (QED) is 0.502. The van der Waals surface area contributed by atoms with Crippen LogP contribution in [-0.2, 0) is 13.0 Å². The van der Waals surface area contributed by atoms with Crippen LogP contribution in [0.1, 0.15) is 33.0 Å². The van der Waals surface area contributed by atoms with Crippen molar-refractivity contribution in [2.45, 2.75) is 26.8 Å². The van der Waals surface area contributed by atoms with Gasteiger partial charge in [0.15, 0.2) is 5.76 Å². The van der Waals surface area contributed by atoms with Crippen molar-refractivity contribution >= 4 is 16.9 Å². The van der Waals surface area contributed by atoms with Crippen LogP contribution in [0.4, 0.5) is 4.39 Å². The van der Waals surface area contributed by atoms with Gasteiger partial charge in [0.05, 0.1) is 34.7 Å². The van der Waals surface area contributed by atoms with Gasteiger partial charge >= 0.3 is 0 Å². The van der Waals surface area contributed by atoms with E-state index in [9.17, 15) is 9.18 Å². The maximum Gasteiger partial charge on any atom is 0.254 e. The van der Waals surface area contributed by atoms with Gasteiger partial charge in [-0.15, -0.1) is 0 Å². The number of carbonyl (C=O) groups is 1. The number of halogens is 1. The average Bonchev–Trinajstić information content (AvgIpc) is 3.17. The van der Waals surface area contributed by atoms with E-state index in [1.54, 1.807) is 29.2 Å². The maximum absolute atomic E-state index is 13.3. The molecule has 7 heteroatoms. The second kappa shape index (κ2) is 7.02. The molecule has 5 rings (SSSR count). The highest BCUT2D eigenvalue weighted by Gasteiger charge is 2.28. The molecule has 1 aliphatic rings. The predicted molar refractivity (Wildman–Crippen MR) is 109 cm³/mol. The molecule has 0 radical (unpaired) electrons. The van der Waals surface area contributed by atoms with E-state index in [-0.39, 0.29) is 11.7 Å².